The molecule has 112 valence electrons. The summed E-state index contributed by atoms with van der Waals surface area (Å²) in [4.78, 5) is 12.6. The number of carboxylic acid groups (broad SMARTS) is 1. The molecule has 2 rings (SSSR count). The molecule has 3 nitrogen and oxygen atoms in total. The van der Waals surface area contributed by atoms with Gasteiger partial charge in [-0.2, -0.15) is 0 Å². The Kier molecular flexibility index (Phi) is 4.68. The lowest BCUT2D eigenvalue weighted by molar-refractivity contribution is 0.0698. The number of aromatic carboxylic acids is 1. The highest BCUT2D eigenvalue weighted by molar-refractivity contribution is 7.14. The first-order chi connectivity index (χ1) is 9.88. The third-order valence-electron chi connectivity index (χ3n) is 3.12. The van der Waals surface area contributed by atoms with Crippen molar-refractivity contribution in [2.75, 3.05) is 6.61 Å². The SMILES string of the molecule is CC(C)(C)c1cc(OCCc2ccccc2)c(C(=O)O)s1. The molecule has 0 bridgehead atoms. The van der Waals surface area contributed by atoms with Crippen LogP contribution < -0.4 is 4.74 Å². The summed E-state index contributed by atoms with van der Waals surface area (Å²) in [6, 6.07) is 11.9. The van der Waals surface area contributed by atoms with Gasteiger partial charge in [0.1, 0.15) is 5.75 Å². The third-order valence-corrected chi connectivity index (χ3v) is 4.65. The van der Waals surface area contributed by atoms with Crippen molar-refractivity contribution < 1.29 is 14.6 Å². The maximum absolute atomic E-state index is 11.3. The van der Waals surface area contributed by atoms with Gasteiger partial charge in [0, 0.05) is 11.3 Å². The van der Waals surface area contributed by atoms with Crippen molar-refractivity contribution >= 4 is 17.3 Å². The van der Waals surface area contributed by atoms with Crippen LogP contribution in [0.4, 0.5) is 0 Å². The van der Waals surface area contributed by atoms with E-state index in [0.29, 0.717) is 12.4 Å². The second-order valence-corrected chi connectivity index (χ2v) is 7.00. The molecule has 1 heterocycles. The van der Waals surface area contributed by atoms with E-state index in [-0.39, 0.29) is 10.3 Å². The Bertz CT molecular complexity index is 609. The van der Waals surface area contributed by atoms with Gasteiger partial charge in [0.25, 0.3) is 0 Å². The molecule has 21 heavy (non-hydrogen) atoms. The highest BCUT2D eigenvalue weighted by Gasteiger charge is 2.23. The summed E-state index contributed by atoms with van der Waals surface area (Å²) in [7, 11) is 0. The molecule has 0 saturated heterocycles. The summed E-state index contributed by atoms with van der Waals surface area (Å²) in [6.07, 6.45) is 0.764. The van der Waals surface area contributed by atoms with Gasteiger partial charge < -0.3 is 9.84 Å². The van der Waals surface area contributed by atoms with Crippen molar-refractivity contribution in [3.63, 3.8) is 0 Å². The summed E-state index contributed by atoms with van der Waals surface area (Å²) in [5.41, 5.74) is 1.11. The van der Waals surface area contributed by atoms with Crippen LogP contribution in [0, 0.1) is 0 Å². The summed E-state index contributed by atoms with van der Waals surface area (Å²) in [5.74, 6) is -0.446. The topological polar surface area (TPSA) is 46.5 Å². The van der Waals surface area contributed by atoms with E-state index in [2.05, 4.69) is 20.8 Å². The van der Waals surface area contributed by atoms with E-state index in [4.69, 9.17) is 4.74 Å². The fourth-order valence-corrected chi connectivity index (χ4v) is 2.92. The Labute approximate surface area is 129 Å². The molecule has 0 unspecified atom stereocenters. The van der Waals surface area contributed by atoms with Gasteiger partial charge in [-0.1, -0.05) is 51.1 Å². The summed E-state index contributed by atoms with van der Waals surface area (Å²) in [5, 5.41) is 9.29. The molecule has 4 heteroatoms. The fourth-order valence-electron chi connectivity index (χ4n) is 1.92. The zero-order chi connectivity index (χ0) is 15.5. The van der Waals surface area contributed by atoms with E-state index < -0.39 is 5.97 Å². The number of benzene rings is 1. The number of ether oxygens (including phenoxy) is 1. The number of hydrogen-bond acceptors (Lipinski definition) is 3. The van der Waals surface area contributed by atoms with Gasteiger partial charge in [0.05, 0.1) is 6.61 Å². The van der Waals surface area contributed by atoms with Gasteiger partial charge in [-0.15, -0.1) is 11.3 Å². The normalized spacial score (nSPS) is 11.4. The Hall–Kier alpha value is -1.81. The maximum Gasteiger partial charge on any atom is 0.349 e. The molecule has 0 fully saturated rings. The van der Waals surface area contributed by atoms with Crippen LogP contribution in [0.3, 0.4) is 0 Å². The van der Waals surface area contributed by atoms with Crippen LogP contribution in [0.5, 0.6) is 5.75 Å². The second-order valence-electron chi connectivity index (χ2n) is 5.94. The smallest absolute Gasteiger partial charge is 0.349 e. The Morgan fingerprint density at radius 1 is 1.24 bits per heavy atom. The van der Waals surface area contributed by atoms with Crippen LogP contribution in [-0.4, -0.2) is 17.7 Å². The Balaban J connectivity index is 2.08. The van der Waals surface area contributed by atoms with Crippen LogP contribution >= 0.6 is 11.3 Å². The lowest BCUT2D eigenvalue weighted by Crippen LogP contribution is -2.08. The van der Waals surface area contributed by atoms with Crippen LogP contribution in [0.2, 0.25) is 0 Å². The average Bonchev–Trinajstić information content (AvgIpc) is 2.84. The van der Waals surface area contributed by atoms with E-state index in [0.717, 1.165) is 11.3 Å². The zero-order valence-corrected chi connectivity index (χ0v) is 13.4. The molecule has 1 aromatic heterocycles. The van der Waals surface area contributed by atoms with Crippen molar-refractivity contribution in [3.05, 3.63) is 51.7 Å². The second kappa shape index (κ2) is 6.31. The molecule has 0 aliphatic carbocycles. The summed E-state index contributed by atoms with van der Waals surface area (Å²) in [6.45, 7) is 6.68. The molecule has 0 spiro atoms. The van der Waals surface area contributed by atoms with E-state index in [1.165, 1.54) is 16.9 Å². The van der Waals surface area contributed by atoms with Gasteiger partial charge in [-0.3, -0.25) is 0 Å². The number of hydrogen-bond donors (Lipinski definition) is 1. The van der Waals surface area contributed by atoms with Crippen molar-refractivity contribution in [1.82, 2.24) is 0 Å². The largest absolute Gasteiger partial charge is 0.491 e. The van der Waals surface area contributed by atoms with Gasteiger partial charge in [0.15, 0.2) is 4.88 Å². The molecule has 1 aromatic carbocycles. The van der Waals surface area contributed by atoms with Crippen molar-refractivity contribution in [1.29, 1.82) is 0 Å². The predicted octanol–water partition coefficient (Wildman–Crippen LogP) is 4.37. The molecule has 0 saturated carbocycles. The first-order valence-corrected chi connectivity index (χ1v) is 7.74. The lowest BCUT2D eigenvalue weighted by Gasteiger charge is -2.14. The molecule has 1 N–H and O–H groups in total. The third kappa shape index (κ3) is 4.08. The molecule has 0 atom stereocenters. The summed E-state index contributed by atoms with van der Waals surface area (Å²) >= 11 is 1.30. The lowest BCUT2D eigenvalue weighted by atomic mass is 9.95. The highest BCUT2D eigenvalue weighted by Crippen LogP contribution is 2.36. The highest BCUT2D eigenvalue weighted by atomic mass is 32.1. The van der Waals surface area contributed by atoms with Gasteiger partial charge in [-0.25, -0.2) is 4.79 Å². The number of thiophene rings is 1. The van der Waals surface area contributed by atoms with E-state index in [9.17, 15) is 9.90 Å². The fraction of sp³-hybridized carbons (Fsp3) is 0.353. The number of carbonyl (C=O) groups is 1. The van der Waals surface area contributed by atoms with Crippen molar-refractivity contribution in [2.45, 2.75) is 32.6 Å². The quantitative estimate of drug-likeness (QED) is 0.892. The van der Waals surface area contributed by atoms with Gasteiger partial charge in [0.2, 0.25) is 0 Å². The van der Waals surface area contributed by atoms with E-state index >= 15 is 0 Å². The standard InChI is InChI=1S/C17H20O3S/c1-17(2,3)14-11-13(15(21-14)16(18)19)20-10-9-12-7-5-4-6-8-12/h4-8,11H,9-10H2,1-3H3,(H,18,19). The maximum atomic E-state index is 11.3. The van der Waals surface area contributed by atoms with E-state index in [1.54, 1.807) is 0 Å². The Morgan fingerprint density at radius 3 is 2.48 bits per heavy atom. The molecular formula is C17H20O3S. The molecule has 0 aliphatic rings. The summed E-state index contributed by atoms with van der Waals surface area (Å²) < 4.78 is 5.71. The number of carboxylic acids is 1. The van der Waals surface area contributed by atoms with Crippen molar-refractivity contribution in [3.8, 4) is 5.75 Å². The monoisotopic (exact) mass is 304 g/mol. The Morgan fingerprint density at radius 2 is 1.90 bits per heavy atom. The number of rotatable bonds is 5. The molecule has 0 aliphatic heterocycles. The molecular weight excluding hydrogens is 284 g/mol. The van der Waals surface area contributed by atoms with Crippen LogP contribution in [-0.2, 0) is 11.8 Å². The average molecular weight is 304 g/mol. The van der Waals surface area contributed by atoms with Crippen LogP contribution in [0.15, 0.2) is 36.4 Å². The predicted molar refractivity (Wildman–Crippen MR) is 85.6 cm³/mol. The zero-order valence-electron chi connectivity index (χ0n) is 12.6. The molecule has 0 radical (unpaired) electrons. The van der Waals surface area contributed by atoms with Crippen LogP contribution in [0.1, 0.15) is 40.9 Å². The minimum atomic E-state index is -0.926. The first kappa shape index (κ1) is 15.6. The molecule has 2 aromatic rings. The van der Waals surface area contributed by atoms with Crippen molar-refractivity contribution in [2.24, 2.45) is 0 Å². The molecule has 0 amide bonds. The van der Waals surface area contributed by atoms with Gasteiger partial charge in [-0.05, 0) is 17.0 Å². The van der Waals surface area contributed by atoms with E-state index in [1.807, 2.05) is 36.4 Å². The first-order valence-electron chi connectivity index (χ1n) is 6.92. The van der Waals surface area contributed by atoms with Crippen LogP contribution in [0.25, 0.3) is 0 Å². The minimum Gasteiger partial charge on any atom is -0.491 e. The van der Waals surface area contributed by atoms with Gasteiger partial charge >= 0.3 is 5.97 Å². The minimum absolute atomic E-state index is 0.0735.